The van der Waals surface area contributed by atoms with E-state index in [1.165, 1.54) is 0 Å². The van der Waals surface area contributed by atoms with Crippen molar-refractivity contribution in [3.8, 4) is 0 Å². The molecule has 2 aliphatic rings. The number of halogens is 3. The van der Waals surface area contributed by atoms with Gasteiger partial charge in [0.1, 0.15) is 0 Å². The predicted octanol–water partition coefficient (Wildman–Crippen LogP) is 5.47. The average molecular weight is 445 g/mol. The molecule has 6 heteroatoms. The number of likely N-dealkylation sites (tertiary alicyclic amines) is 1. The van der Waals surface area contributed by atoms with Crippen molar-refractivity contribution in [1.82, 2.24) is 10.2 Å². The number of fused-ring (bicyclic) bond motifs is 1. The number of alkyl halides is 3. The molecule has 1 N–H and O–H groups in total. The molecule has 0 bridgehead atoms. The quantitative estimate of drug-likeness (QED) is 0.641. The fourth-order valence-corrected chi connectivity index (χ4v) is 5.50. The van der Waals surface area contributed by atoms with Crippen molar-refractivity contribution in [2.45, 2.75) is 51.4 Å². The van der Waals surface area contributed by atoms with Crippen LogP contribution in [0.4, 0.5) is 13.2 Å². The van der Waals surface area contributed by atoms with Gasteiger partial charge in [0, 0.05) is 25.7 Å². The summed E-state index contributed by atoms with van der Waals surface area (Å²) in [5, 5.41) is 3.35. The molecule has 1 amide bonds. The largest absolute Gasteiger partial charge is 0.416 e. The van der Waals surface area contributed by atoms with Crippen molar-refractivity contribution in [1.29, 1.82) is 0 Å². The summed E-state index contributed by atoms with van der Waals surface area (Å²) in [6.07, 6.45) is -2.23. The number of hydrogen-bond donors (Lipinski definition) is 1. The normalized spacial score (nSPS) is 24.5. The second kappa shape index (κ2) is 9.26. The smallest absolute Gasteiger partial charge is 0.352 e. The summed E-state index contributed by atoms with van der Waals surface area (Å²) < 4.78 is 38.4. The maximum Gasteiger partial charge on any atom is 0.416 e. The first-order chi connectivity index (χ1) is 15.2. The molecular weight excluding hydrogens is 413 g/mol. The highest BCUT2D eigenvalue weighted by atomic mass is 19.4. The molecule has 1 heterocycles. The van der Waals surface area contributed by atoms with Crippen LogP contribution in [0.15, 0.2) is 54.6 Å². The van der Waals surface area contributed by atoms with Gasteiger partial charge >= 0.3 is 6.18 Å². The van der Waals surface area contributed by atoms with E-state index in [0.29, 0.717) is 18.4 Å². The van der Waals surface area contributed by atoms with Crippen LogP contribution in [0.5, 0.6) is 0 Å². The van der Waals surface area contributed by atoms with E-state index in [-0.39, 0.29) is 23.8 Å². The van der Waals surface area contributed by atoms with Crippen LogP contribution >= 0.6 is 0 Å². The zero-order valence-electron chi connectivity index (χ0n) is 18.6. The van der Waals surface area contributed by atoms with Gasteiger partial charge in [-0.15, -0.1) is 0 Å². The maximum atomic E-state index is 13.2. The third kappa shape index (κ3) is 5.01. The fourth-order valence-electron chi connectivity index (χ4n) is 5.50. The molecule has 0 aromatic heterocycles. The molecule has 4 rings (SSSR count). The Bertz CT molecular complexity index is 911. The number of amides is 1. The van der Waals surface area contributed by atoms with Crippen LogP contribution in [0.25, 0.3) is 0 Å². The molecule has 0 spiro atoms. The summed E-state index contributed by atoms with van der Waals surface area (Å²) in [6.45, 7) is 6.61. The van der Waals surface area contributed by atoms with Crippen molar-refractivity contribution in [3.63, 3.8) is 0 Å². The van der Waals surface area contributed by atoms with Crippen LogP contribution in [0, 0.1) is 17.8 Å². The van der Waals surface area contributed by atoms with Gasteiger partial charge in [-0.3, -0.25) is 9.69 Å². The van der Waals surface area contributed by atoms with E-state index in [4.69, 9.17) is 0 Å². The molecule has 2 fully saturated rings. The van der Waals surface area contributed by atoms with Crippen LogP contribution < -0.4 is 5.32 Å². The Morgan fingerprint density at radius 2 is 1.72 bits per heavy atom. The van der Waals surface area contributed by atoms with Crippen LogP contribution in [-0.4, -0.2) is 29.9 Å². The number of rotatable bonds is 6. The van der Waals surface area contributed by atoms with E-state index in [0.717, 1.165) is 49.2 Å². The molecule has 3 nitrogen and oxygen atoms in total. The minimum Gasteiger partial charge on any atom is -0.352 e. The number of benzene rings is 2. The van der Waals surface area contributed by atoms with Gasteiger partial charge in [-0.2, -0.15) is 13.2 Å². The molecule has 172 valence electrons. The van der Waals surface area contributed by atoms with Crippen LogP contribution in [-0.2, 0) is 17.5 Å². The Labute approximate surface area is 188 Å². The Morgan fingerprint density at radius 3 is 2.34 bits per heavy atom. The summed E-state index contributed by atoms with van der Waals surface area (Å²) in [5.74, 6) is 1.06. The highest BCUT2D eigenvalue weighted by Gasteiger charge is 2.43. The van der Waals surface area contributed by atoms with Gasteiger partial charge in [-0.1, -0.05) is 56.3 Å². The van der Waals surface area contributed by atoms with Gasteiger partial charge in [0.2, 0.25) is 5.91 Å². The fraction of sp³-hybridized carbons (Fsp3) is 0.500. The van der Waals surface area contributed by atoms with E-state index in [9.17, 15) is 18.0 Å². The zero-order valence-corrected chi connectivity index (χ0v) is 18.6. The Kier molecular flexibility index (Phi) is 6.61. The van der Waals surface area contributed by atoms with Gasteiger partial charge in [-0.05, 0) is 53.9 Å². The number of hydrogen-bond acceptors (Lipinski definition) is 2. The lowest BCUT2D eigenvalue weighted by Crippen LogP contribution is -2.43. The van der Waals surface area contributed by atoms with Gasteiger partial charge in [0.05, 0.1) is 11.5 Å². The number of nitrogens with one attached hydrogen (secondary N) is 1. The first-order valence-electron chi connectivity index (χ1n) is 11.5. The minimum atomic E-state index is -4.30. The Hall–Kier alpha value is -2.34. The molecule has 1 unspecified atom stereocenters. The minimum absolute atomic E-state index is 0.0954. The SMILES string of the molecule is CC(C)C(C(=O)N[C@H]1CC[C@@H]2CN(Cc3ccc(C(F)(F)F)cc3)C[C@@H]21)c1ccccc1. The van der Waals surface area contributed by atoms with Crippen molar-refractivity contribution >= 4 is 5.91 Å². The standard InChI is InChI=1S/C26H31F3N2O/c1-17(2)24(19-6-4-3-5-7-19)25(32)30-23-13-10-20-15-31(16-22(20)23)14-18-8-11-21(12-9-18)26(27,28)29/h3-9,11-12,17,20,22-24H,10,13-16H2,1-2H3,(H,30,32)/t20-,22+,23+,24?/m1/s1. The highest BCUT2D eigenvalue weighted by Crippen LogP contribution is 2.39. The summed E-state index contributed by atoms with van der Waals surface area (Å²) in [6, 6.07) is 15.6. The maximum absolute atomic E-state index is 13.2. The Morgan fingerprint density at radius 1 is 1.03 bits per heavy atom. The summed E-state index contributed by atoms with van der Waals surface area (Å²) in [5.41, 5.74) is 1.33. The first-order valence-corrected chi connectivity index (χ1v) is 11.5. The zero-order chi connectivity index (χ0) is 22.9. The number of nitrogens with zero attached hydrogens (tertiary/aromatic N) is 1. The second-order valence-corrected chi connectivity index (χ2v) is 9.64. The molecule has 1 saturated heterocycles. The van der Waals surface area contributed by atoms with Crippen molar-refractivity contribution in [2.24, 2.45) is 17.8 Å². The summed E-state index contributed by atoms with van der Waals surface area (Å²) in [7, 11) is 0. The van der Waals surface area contributed by atoms with Crippen molar-refractivity contribution in [2.75, 3.05) is 13.1 Å². The van der Waals surface area contributed by atoms with E-state index < -0.39 is 11.7 Å². The molecule has 2 aromatic carbocycles. The van der Waals surface area contributed by atoms with Gasteiger partial charge in [-0.25, -0.2) is 0 Å². The molecule has 0 radical (unpaired) electrons. The summed E-state index contributed by atoms with van der Waals surface area (Å²) in [4.78, 5) is 15.5. The van der Waals surface area contributed by atoms with E-state index in [2.05, 4.69) is 24.1 Å². The summed E-state index contributed by atoms with van der Waals surface area (Å²) >= 11 is 0. The van der Waals surface area contributed by atoms with E-state index in [1.807, 2.05) is 30.3 Å². The molecule has 1 saturated carbocycles. The second-order valence-electron chi connectivity index (χ2n) is 9.64. The third-order valence-electron chi connectivity index (χ3n) is 7.06. The average Bonchev–Trinajstić information content (AvgIpc) is 3.29. The van der Waals surface area contributed by atoms with E-state index in [1.54, 1.807) is 12.1 Å². The number of carbonyl (C=O) groups is 1. The Balaban J connectivity index is 1.37. The van der Waals surface area contributed by atoms with Crippen LogP contribution in [0.1, 0.15) is 49.3 Å². The third-order valence-corrected chi connectivity index (χ3v) is 7.06. The number of carbonyl (C=O) groups excluding carboxylic acids is 1. The lowest BCUT2D eigenvalue weighted by atomic mass is 9.87. The van der Waals surface area contributed by atoms with Gasteiger partial charge < -0.3 is 5.32 Å². The topological polar surface area (TPSA) is 32.3 Å². The molecule has 2 aromatic rings. The lowest BCUT2D eigenvalue weighted by Gasteiger charge is -2.26. The molecule has 4 atom stereocenters. The monoisotopic (exact) mass is 444 g/mol. The molecule has 1 aliphatic carbocycles. The van der Waals surface area contributed by atoms with Crippen molar-refractivity contribution < 1.29 is 18.0 Å². The van der Waals surface area contributed by atoms with Crippen LogP contribution in [0.3, 0.4) is 0 Å². The molecule has 32 heavy (non-hydrogen) atoms. The van der Waals surface area contributed by atoms with Gasteiger partial charge in [0.15, 0.2) is 0 Å². The van der Waals surface area contributed by atoms with Crippen LogP contribution in [0.2, 0.25) is 0 Å². The van der Waals surface area contributed by atoms with Crippen molar-refractivity contribution in [3.05, 3.63) is 71.3 Å². The molecule has 1 aliphatic heterocycles. The lowest BCUT2D eigenvalue weighted by molar-refractivity contribution is -0.137. The first kappa shape index (κ1) is 22.8. The van der Waals surface area contributed by atoms with E-state index >= 15 is 0 Å². The molecular formula is C26H31F3N2O. The highest BCUT2D eigenvalue weighted by molar-refractivity contribution is 5.84. The van der Waals surface area contributed by atoms with Gasteiger partial charge in [0.25, 0.3) is 0 Å². The predicted molar refractivity (Wildman–Crippen MR) is 119 cm³/mol.